The number of para-hydroxylation sites is 1. The number of anilines is 1. The minimum absolute atomic E-state index is 0.0797. The summed E-state index contributed by atoms with van der Waals surface area (Å²) in [5.41, 5.74) is 3.19. The maximum absolute atomic E-state index is 13.1. The second kappa shape index (κ2) is 9.60. The van der Waals surface area contributed by atoms with Crippen molar-refractivity contribution in [1.29, 1.82) is 0 Å². The summed E-state index contributed by atoms with van der Waals surface area (Å²) in [7, 11) is 1.56. The van der Waals surface area contributed by atoms with E-state index in [2.05, 4.69) is 10.6 Å². The van der Waals surface area contributed by atoms with Crippen molar-refractivity contribution in [2.75, 3.05) is 12.4 Å². The number of nitrogens with one attached hydrogen (secondary N) is 2. The normalized spacial score (nSPS) is 11.1. The number of hydrogen-bond acceptors (Lipinski definition) is 4. The molecule has 1 heterocycles. The highest BCUT2D eigenvalue weighted by Gasteiger charge is 2.17. The molecule has 0 aliphatic heterocycles. The van der Waals surface area contributed by atoms with Crippen molar-refractivity contribution < 1.29 is 18.7 Å². The van der Waals surface area contributed by atoms with Gasteiger partial charge in [0.2, 0.25) is 0 Å². The average molecular weight is 404 g/mol. The largest absolute Gasteiger partial charge is 0.497 e. The van der Waals surface area contributed by atoms with Gasteiger partial charge in [0.15, 0.2) is 0 Å². The van der Waals surface area contributed by atoms with Gasteiger partial charge >= 0.3 is 0 Å². The maximum Gasteiger partial charge on any atom is 0.272 e. The quantitative estimate of drug-likeness (QED) is 0.566. The third-order valence-electron chi connectivity index (χ3n) is 4.65. The van der Waals surface area contributed by atoms with Gasteiger partial charge in [-0.2, -0.15) is 0 Å². The molecule has 3 aromatic rings. The van der Waals surface area contributed by atoms with E-state index in [4.69, 9.17) is 9.15 Å². The first kappa shape index (κ1) is 20.9. The first-order valence-corrected chi connectivity index (χ1v) is 9.62. The molecule has 6 heteroatoms. The number of furan rings is 1. The van der Waals surface area contributed by atoms with Crippen molar-refractivity contribution in [1.82, 2.24) is 5.32 Å². The van der Waals surface area contributed by atoms with Gasteiger partial charge in [0.25, 0.3) is 11.8 Å². The van der Waals surface area contributed by atoms with Crippen LogP contribution in [0.25, 0.3) is 6.08 Å². The molecule has 0 unspecified atom stereocenters. The Balaban J connectivity index is 1.87. The van der Waals surface area contributed by atoms with Gasteiger partial charge in [0.05, 0.1) is 13.4 Å². The van der Waals surface area contributed by atoms with Crippen LogP contribution in [0, 0.1) is 6.92 Å². The Bertz CT molecular complexity index is 1050. The molecular formula is C24H24N2O4. The van der Waals surface area contributed by atoms with Crippen molar-refractivity contribution in [3.8, 4) is 5.75 Å². The Morgan fingerprint density at radius 2 is 1.83 bits per heavy atom. The van der Waals surface area contributed by atoms with Crippen LogP contribution in [0.2, 0.25) is 0 Å². The molecule has 6 nitrogen and oxygen atoms in total. The van der Waals surface area contributed by atoms with Gasteiger partial charge in [-0.15, -0.1) is 0 Å². The number of carbonyl (C=O) groups is 2. The van der Waals surface area contributed by atoms with Crippen LogP contribution < -0.4 is 15.4 Å². The summed E-state index contributed by atoms with van der Waals surface area (Å²) < 4.78 is 10.4. The number of methoxy groups -OCH3 is 1. The second-order valence-electron chi connectivity index (χ2n) is 6.67. The number of aryl methyl sites for hydroxylation is 2. The summed E-state index contributed by atoms with van der Waals surface area (Å²) in [6, 6.07) is 15.9. The fourth-order valence-electron chi connectivity index (χ4n) is 2.99. The highest BCUT2D eigenvalue weighted by atomic mass is 16.5. The fourth-order valence-corrected chi connectivity index (χ4v) is 2.99. The predicted octanol–water partition coefficient (Wildman–Crippen LogP) is 4.57. The van der Waals surface area contributed by atoms with E-state index < -0.39 is 11.8 Å². The predicted molar refractivity (Wildman–Crippen MR) is 116 cm³/mol. The number of hydrogen-bond donors (Lipinski definition) is 2. The van der Waals surface area contributed by atoms with Gasteiger partial charge in [-0.3, -0.25) is 9.59 Å². The van der Waals surface area contributed by atoms with E-state index in [-0.39, 0.29) is 5.70 Å². The molecule has 0 spiro atoms. The van der Waals surface area contributed by atoms with Crippen molar-refractivity contribution >= 4 is 23.6 Å². The topological polar surface area (TPSA) is 80.6 Å². The molecule has 0 bridgehead atoms. The van der Waals surface area contributed by atoms with Crippen LogP contribution in [0.3, 0.4) is 0 Å². The van der Waals surface area contributed by atoms with Gasteiger partial charge < -0.3 is 19.8 Å². The Hall–Kier alpha value is -3.80. The molecule has 0 saturated heterocycles. The monoisotopic (exact) mass is 404 g/mol. The third-order valence-corrected chi connectivity index (χ3v) is 4.65. The molecule has 3 rings (SSSR count). The van der Waals surface area contributed by atoms with E-state index in [1.54, 1.807) is 43.5 Å². The molecule has 1 aromatic heterocycles. The number of ether oxygens (including phenoxy) is 1. The second-order valence-corrected chi connectivity index (χ2v) is 6.67. The highest BCUT2D eigenvalue weighted by Crippen LogP contribution is 2.22. The van der Waals surface area contributed by atoms with Crippen molar-refractivity contribution in [2.45, 2.75) is 20.3 Å². The maximum atomic E-state index is 13.1. The van der Waals surface area contributed by atoms with Gasteiger partial charge in [-0.25, -0.2) is 0 Å². The summed E-state index contributed by atoms with van der Waals surface area (Å²) in [6.45, 7) is 3.95. The first-order valence-electron chi connectivity index (χ1n) is 9.62. The Labute approximate surface area is 175 Å². The molecule has 0 aliphatic rings. The number of amides is 2. The van der Waals surface area contributed by atoms with Crippen molar-refractivity contribution in [2.24, 2.45) is 0 Å². The molecule has 2 N–H and O–H groups in total. The van der Waals surface area contributed by atoms with Crippen molar-refractivity contribution in [3.63, 3.8) is 0 Å². The van der Waals surface area contributed by atoms with Crippen LogP contribution in [0.5, 0.6) is 5.75 Å². The Morgan fingerprint density at radius 1 is 1.07 bits per heavy atom. The van der Waals surface area contributed by atoms with E-state index in [1.165, 1.54) is 12.3 Å². The molecule has 0 aliphatic carbocycles. The number of benzene rings is 2. The molecule has 0 fully saturated rings. The van der Waals surface area contributed by atoms with E-state index in [0.29, 0.717) is 17.1 Å². The van der Waals surface area contributed by atoms with Gasteiger partial charge in [-0.1, -0.05) is 25.1 Å². The summed E-state index contributed by atoms with van der Waals surface area (Å²) in [5.74, 6) is 0.251. The van der Waals surface area contributed by atoms with E-state index in [0.717, 1.165) is 23.2 Å². The minimum atomic E-state index is -0.433. The van der Waals surface area contributed by atoms with E-state index in [1.807, 2.05) is 32.0 Å². The van der Waals surface area contributed by atoms with Gasteiger partial charge in [-0.05, 0) is 60.9 Å². The molecule has 2 amide bonds. The van der Waals surface area contributed by atoms with Crippen LogP contribution in [0.1, 0.15) is 34.2 Å². The van der Waals surface area contributed by atoms with Crippen LogP contribution >= 0.6 is 0 Å². The van der Waals surface area contributed by atoms with Gasteiger partial charge in [0, 0.05) is 17.3 Å². The minimum Gasteiger partial charge on any atom is -0.497 e. The van der Waals surface area contributed by atoms with Crippen LogP contribution in [0.15, 0.2) is 71.0 Å². The Kier molecular flexibility index (Phi) is 6.70. The fraction of sp³-hybridized carbons (Fsp3) is 0.167. The lowest BCUT2D eigenvalue weighted by Gasteiger charge is -2.15. The molecule has 30 heavy (non-hydrogen) atoms. The summed E-state index contributed by atoms with van der Waals surface area (Å²) in [5, 5.41) is 5.63. The first-order chi connectivity index (χ1) is 14.5. The summed E-state index contributed by atoms with van der Waals surface area (Å²) in [6.07, 6.45) is 3.77. The van der Waals surface area contributed by atoms with Crippen LogP contribution in [-0.4, -0.2) is 18.9 Å². The van der Waals surface area contributed by atoms with Crippen LogP contribution in [-0.2, 0) is 11.2 Å². The zero-order chi connectivity index (χ0) is 21.5. The number of rotatable bonds is 7. The van der Waals surface area contributed by atoms with Crippen LogP contribution in [0.4, 0.5) is 5.69 Å². The molecular weight excluding hydrogens is 380 g/mol. The third kappa shape index (κ3) is 4.97. The van der Waals surface area contributed by atoms with E-state index in [9.17, 15) is 9.59 Å². The Morgan fingerprint density at radius 3 is 2.47 bits per heavy atom. The molecule has 0 radical (unpaired) electrons. The zero-order valence-electron chi connectivity index (χ0n) is 17.2. The molecule has 2 aromatic carbocycles. The molecule has 0 saturated carbocycles. The SMILES string of the molecule is CCc1cccc(C)c1NC(=O)/C(=C/c1ccco1)NC(=O)c1ccc(OC)cc1. The standard InChI is InChI=1S/C24H24N2O4/c1-4-17-8-5-7-16(2)22(17)26-24(28)21(15-20-9-6-14-30-20)25-23(27)18-10-12-19(29-3)13-11-18/h5-15H,4H2,1-3H3,(H,25,27)(H,26,28)/b21-15-. The lowest BCUT2D eigenvalue weighted by atomic mass is 10.1. The molecule has 0 atom stereocenters. The smallest absolute Gasteiger partial charge is 0.272 e. The average Bonchev–Trinajstić information content (AvgIpc) is 3.27. The molecule has 154 valence electrons. The summed E-state index contributed by atoms with van der Waals surface area (Å²) in [4.78, 5) is 25.8. The van der Waals surface area contributed by atoms with Gasteiger partial charge in [0.1, 0.15) is 17.2 Å². The zero-order valence-corrected chi connectivity index (χ0v) is 17.2. The van der Waals surface area contributed by atoms with E-state index >= 15 is 0 Å². The van der Waals surface area contributed by atoms with Crippen molar-refractivity contribution in [3.05, 3.63) is 89.0 Å². The number of carbonyl (C=O) groups excluding carboxylic acids is 2. The highest BCUT2D eigenvalue weighted by molar-refractivity contribution is 6.11. The lowest BCUT2D eigenvalue weighted by molar-refractivity contribution is -0.113. The lowest BCUT2D eigenvalue weighted by Crippen LogP contribution is -2.31. The summed E-state index contributed by atoms with van der Waals surface area (Å²) >= 11 is 0.